The number of fused-ring (bicyclic) bond motifs is 1. The van der Waals surface area contributed by atoms with Gasteiger partial charge < -0.3 is 10.8 Å². The third-order valence-electron chi connectivity index (χ3n) is 5.57. The molecular weight excluding hydrogens is 568 g/mol. The summed E-state index contributed by atoms with van der Waals surface area (Å²) in [7, 11) is -10.1. The number of benzene rings is 4. The van der Waals surface area contributed by atoms with Gasteiger partial charge in [-0.2, -0.15) is 27.1 Å². The Balaban J connectivity index is 1.99. The molecule has 206 valence electrons. The lowest BCUT2D eigenvalue weighted by atomic mass is 10.1. The number of aromatic hydroxyl groups is 1. The third-order valence-corrected chi connectivity index (χ3v) is 7.30. The van der Waals surface area contributed by atoms with Crippen LogP contribution in [0.4, 0.5) is 34.1 Å². The zero-order valence-electron chi connectivity index (χ0n) is 20.2. The van der Waals surface area contributed by atoms with Gasteiger partial charge in [0, 0.05) is 12.1 Å². The molecule has 15 nitrogen and oxygen atoms in total. The summed E-state index contributed by atoms with van der Waals surface area (Å²) in [4.78, 5) is 8.39. The van der Waals surface area contributed by atoms with Crippen molar-refractivity contribution in [3.8, 4) is 5.75 Å². The van der Waals surface area contributed by atoms with Crippen molar-refractivity contribution in [3.05, 3.63) is 76.3 Å². The molecule has 0 spiro atoms. The van der Waals surface area contributed by atoms with Crippen LogP contribution in [0.3, 0.4) is 0 Å². The van der Waals surface area contributed by atoms with Crippen LogP contribution in [0.1, 0.15) is 5.56 Å². The molecule has 5 N–H and O–H groups in total. The zero-order chi connectivity index (χ0) is 29.4. The summed E-state index contributed by atoms with van der Waals surface area (Å²) in [6, 6.07) is 12.9. The largest absolute Gasteiger partial charge is 0.505 e. The summed E-state index contributed by atoms with van der Waals surface area (Å²) in [6.07, 6.45) is 0. The molecule has 40 heavy (non-hydrogen) atoms. The van der Waals surface area contributed by atoms with E-state index in [-0.39, 0.29) is 22.1 Å². The van der Waals surface area contributed by atoms with Crippen molar-refractivity contribution >= 4 is 65.1 Å². The van der Waals surface area contributed by atoms with Crippen molar-refractivity contribution in [2.24, 2.45) is 20.5 Å². The molecule has 0 atom stereocenters. The van der Waals surface area contributed by atoms with E-state index in [0.29, 0.717) is 11.3 Å². The lowest BCUT2D eigenvalue weighted by Crippen LogP contribution is -2.03. The molecule has 0 fully saturated rings. The monoisotopic (exact) mass is 586 g/mol. The summed E-state index contributed by atoms with van der Waals surface area (Å²) < 4.78 is 68.3. The first-order valence-electron chi connectivity index (χ1n) is 10.9. The number of hydrogen-bond acceptors (Lipinski definition) is 12. The number of nitrogen functional groups attached to an aromatic ring is 1. The highest BCUT2D eigenvalue weighted by atomic mass is 32.2. The number of nitrogens with two attached hydrogens (primary N) is 1. The topological polar surface area (TPSA) is 248 Å². The third kappa shape index (κ3) is 5.61. The Hall–Kier alpha value is -4.84. The molecule has 0 saturated heterocycles. The van der Waals surface area contributed by atoms with E-state index in [1.807, 2.05) is 0 Å². The van der Waals surface area contributed by atoms with Crippen molar-refractivity contribution < 1.29 is 36.0 Å². The quantitative estimate of drug-likeness (QED) is 0.0678. The Labute approximate surface area is 226 Å². The Bertz CT molecular complexity index is 1960. The van der Waals surface area contributed by atoms with E-state index in [1.54, 1.807) is 31.2 Å². The van der Waals surface area contributed by atoms with Crippen LogP contribution < -0.4 is 5.73 Å². The minimum Gasteiger partial charge on any atom is -0.505 e. The average Bonchev–Trinajstić information content (AvgIpc) is 2.87. The molecule has 0 saturated carbocycles. The van der Waals surface area contributed by atoms with Gasteiger partial charge in [0.2, 0.25) is 0 Å². The molecule has 0 aliphatic rings. The number of rotatable bonds is 7. The summed E-state index contributed by atoms with van der Waals surface area (Å²) >= 11 is 0. The number of non-ortho nitro benzene ring substituents is 1. The van der Waals surface area contributed by atoms with E-state index < -0.39 is 57.8 Å². The Morgan fingerprint density at radius 1 is 0.825 bits per heavy atom. The highest BCUT2D eigenvalue weighted by Gasteiger charge is 2.28. The normalized spacial score (nSPS) is 12.5. The summed E-state index contributed by atoms with van der Waals surface area (Å²) in [6.45, 7) is 1.70. The number of azo groups is 2. The van der Waals surface area contributed by atoms with Gasteiger partial charge in [-0.05, 0) is 48.2 Å². The van der Waals surface area contributed by atoms with E-state index in [9.17, 15) is 41.2 Å². The van der Waals surface area contributed by atoms with Gasteiger partial charge in [0.15, 0.2) is 5.75 Å². The lowest BCUT2D eigenvalue weighted by molar-refractivity contribution is -0.384. The molecule has 0 aliphatic heterocycles. The molecule has 4 aromatic carbocycles. The first kappa shape index (κ1) is 28.2. The van der Waals surface area contributed by atoms with E-state index in [4.69, 9.17) is 5.73 Å². The Kier molecular flexibility index (Phi) is 7.31. The number of phenolic OH excluding ortho intramolecular Hbond substituents is 1. The SMILES string of the molecule is Cc1ccccc1N=Nc1c(S(=O)(=O)O)cc2cc(S(=O)(=O)O)c(N=Nc3ccc([N+](=O)[O-])cc3)c(N)c2c1O. The van der Waals surface area contributed by atoms with Crippen molar-refractivity contribution in [1.29, 1.82) is 0 Å². The lowest BCUT2D eigenvalue weighted by Gasteiger charge is -2.14. The number of aryl methyl sites for hydroxylation is 1. The van der Waals surface area contributed by atoms with Gasteiger partial charge >= 0.3 is 0 Å². The van der Waals surface area contributed by atoms with Crippen molar-refractivity contribution in [2.45, 2.75) is 16.7 Å². The summed E-state index contributed by atoms with van der Waals surface area (Å²) in [5.41, 5.74) is 5.03. The first-order chi connectivity index (χ1) is 18.7. The van der Waals surface area contributed by atoms with Crippen LogP contribution in [0.5, 0.6) is 5.75 Å². The van der Waals surface area contributed by atoms with E-state index in [2.05, 4.69) is 20.5 Å². The van der Waals surface area contributed by atoms with Gasteiger partial charge in [0.25, 0.3) is 25.9 Å². The Morgan fingerprint density at radius 3 is 1.93 bits per heavy atom. The van der Waals surface area contributed by atoms with Gasteiger partial charge in [0.1, 0.15) is 21.2 Å². The molecule has 0 unspecified atom stereocenters. The van der Waals surface area contributed by atoms with Gasteiger partial charge in [0.05, 0.1) is 27.4 Å². The molecule has 0 aliphatic carbocycles. The number of hydrogen-bond donors (Lipinski definition) is 4. The van der Waals surface area contributed by atoms with E-state index in [0.717, 1.165) is 24.3 Å². The molecular formula is C23H18N6O9S2. The number of nitrogens with zero attached hydrogens (tertiary/aromatic N) is 5. The molecule has 0 heterocycles. The molecule has 0 aromatic heterocycles. The maximum atomic E-state index is 12.2. The van der Waals surface area contributed by atoms with Gasteiger partial charge in [-0.1, -0.05) is 18.2 Å². The number of anilines is 1. The minimum atomic E-state index is -5.05. The predicted octanol–water partition coefficient (Wildman–Crippen LogP) is 5.67. The minimum absolute atomic E-state index is 0.0463. The molecule has 0 amide bonds. The highest BCUT2D eigenvalue weighted by molar-refractivity contribution is 7.86. The number of nitro benzene ring substituents is 1. The highest BCUT2D eigenvalue weighted by Crippen LogP contribution is 2.48. The van der Waals surface area contributed by atoms with Crippen LogP contribution >= 0.6 is 0 Å². The number of phenols is 1. The average molecular weight is 587 g/mol. The van der Waals surface area contributed by atoms with Crippen molar-refractivity contribution in [3.63, 3.8) is 0 Å². The van der Waals surface area contributed by atoms with Crippen LogP contribution in [0.15, 0.2) is 90.9 Å². The summed E-state index contributed by atoms with van der Waals surface area (Å²) in [5, 5.41) is 36.6. The van der Waals surface area contributed by atoms with Gasteiger partial charge in [-0.15, -0.1) is 10.2 Å². The smallest absolute Gasteiger partial charge is 0.296 e. The van der Waals surface area contributed by atoms with Crippen LogP contribution in [0.25, 0.3) is 10.8 Å². The van der Waals surface area contributed by atoms with Crippen LogP contribution in [-0.2, 0) is 20.2 Å². The fourth-order valence-electron chi connectivity index (χ4n) is 3.63. The van der Waals surface area contributed by atoms with Gasteiger partial charge in [-0.25, -0.2) is 0 Å². The van der Waals surface area contributed by atoms with Crippen molar-refractivity contribution in [1.82, 2.24) is 0 Å². The van der Waals surface area contributed by atoms with E-state index >= 15 is 0 Å². The fraction of sp³-hybridized carbons (Fsp3) is 0.0435. The molecule has 4 rings (SSSR count). The Morgan fingerprint density at radius 2 is 1.38 bits per heavy atom. The van der Waals surface area contributed by atoms with Crippen LogP contribution in [0, 0.1) is 17.0 Å². The maximum absolute atomic E-state index is 12.2. The summed E-state index contributed by atoms with van der Waals surface area (Å²) in [5.74, 6) is -0.895. The van der Waals surface area contributed by atoms with Crippen LogP contribution in [-0.4, -0.2) is 36.0 Å². The molecule has 0 bridgehead atoms. The maximum Gasteiger partial charge on any atom is 0.296 e. The predicted molar refractivity (Wildman–Crippen MR) is 142 cm³/mol. The molecule has 17 heteroatoms. The number of nitro groups is 1. The standard InChI is InChI=1S/C23H18N6O9S2/c1-12-4-2-3-5-16(12)26-28-22-18(40(36,37)38)11-13-10-17(39(33,34)35)21(20(24)19(13)23(22)30)27-25-14-6-8-15(9-7-14)29(31)32/h2-11,30H,24H2,1H3,(H,33,34,35)(H,36,37,38). The molecule has 4 aromatic rings. The fourth-order valence-corrected chi connectivity index (χ4v) is 4.96. The second-order valence-corrected chi connectivity index (χ2v) is 11.0. The van der Waals surface area contributed by atoms with Crippen molar-refractivity contribution in [2.75, 3.05) is 5.73 Å². The van der Waals surface area contributed by atoms with Crippen LogP contribution in [0.2, 0.25) is 0 Å². The second-order valence-electron chi connectivity index (χ2n) is 8.22. The van der Waals surface area contributed by atoms with E-state index in [1.165, 1.54) is 12.1 Å². The second kappa shape index (κ2) is 10.4. The van der Waals surface area contributed by atoms with Gasteiger partial charge in [-0.3, -0.25) is 19.2 Å². The first-order valence-corrected chi connectivity index (χ1v) is 13.8. The molecule has 0 radical (unpaired) electrons. The zero-order valence-corrected chi connectivity index (χ0v) is 21.8.